The second-order valence-electron chi connectivity index (χ2n) is 3.97. The average Bonchev–Trinajstić information content (AvgIpc) is 2.41. The van der Waals surface area contributed by atoms with Gasteiger partial charge in [0.15, 0.2) is 0 Å². The Balaban J connectivity index is 2.81. The monoisotopic (exact) mass is 424 g/mol. The van der Waals surface area contributed by atoms with Crippen LogP contribution in [0.1, 0.15) is 6.42 Å². The second kappa shape index (κ2) is 8.20. The zero-order valence-corrected chi connectivity index (χ0v) is 14.2. The molecule has 0 radical (unpaired) electrons. The lowest BCUT2D eigenvalue weighted by Crippen LogP contribution is -2.43. The first-order valence-corrected chi connectivity index (χ1v) is 7.41. The lowest BCUT2D eigenvalue weighted by molar-refractivity contribution is -0.139. The third kappa shape index (κ3) is 5.18. The molecule has 0 saturated carbocycles. The number of rotatable bonds is 6. The van der Waals surface area contributed by atoms with Gasteiger partial charge in [-0.25, -0.2) is 9.59 Å². The molecule has 0 spiro atoms. The van der Waals surface area contributed by atoms with Crippen molar-refractivity contribution in [3.05, 3.63) is 21.1 Å². The van der Waals surface area contributed by atoms with Gasteiger partial charge >= 0.3 is 12.0 Å². The van der Waals surface area contributed by atoms with Crippen molar-refractivity contribution in [1.82, 2.24) is 5.32 Å². The van der Waals surface area contributed by atoms with Gasteiger partial charge in [0.1, 0.15) is 11.8 Å². The first kappa shape index (κ1) is 17.7. The van der Waals surface area contributed by atoms with Crippen LogP contribution in [-0.4, -0.2) is 42.0 Å². The van der Waals surface area contributed by atoms with Gasteiger partial charge in [0, 0.05) is 23.6 Å². The molecular weight excluding hydrogens is 412 g/mol. The van der Waals surface area contributed by atoms with Gasteiger partial charge in [-0.05, 0) is 37.9 Å². The summed E-state index contributed by atoms with van der Waals surface area (Å²) in [5.41, 5.74) is 0.417. The molecule has 1 atom stereocenters. The van der Waals surface area contributed by atoms with E-state index in [1.165, 1.54) is 7.11 Å². The van der Waals surface area contributed by atoms with E-state index in [0.717, 1.165) is 0 Å². The zero-order chi connectivity index (χ0) is 16.0. The SMILES string of the molecule is COc1cc(NC(=O)N[C@@H](CCO)C(=O)O)c(Br)cc1Br. The number of aliphatic hydroxyl groups is 1. The molecule has 21 heavy (non-hydrogen) atoms. The van der Waals surface area contributed by atoms with Crippen molar-refractivity contribution in [3.63, 3.8) is 0 Å². The van der Waals surface area contributed by atoms with Crippen molar-refractivity contribution in [2.75, 3.05) is 19.0 Å². The molecule has 0 heterocycles. The van der Waals surface area contributed by atoms with Gasteiger partial charge in [-0.3, -0.25) is 0 Å². The van der Waals surface area contributed by atoms with Crippen LogP contribution in [0, 0.1) is 0 Å². The van der Waals surface area contributed by atoms with E-state index < -0.39 is 18.0 Å². The largest absolute Gasteiger partial charge is 0.495 e. The Morgan fingerprint density at radius 2 is 2.00 bits per heavy atom. The van der Waals surface area contributed by atoms with Gasteiger partial charge < -0.3 is 25.6 Å². The van der Waals surface area contributed by atoms with E-state index in [2.05, 4.69) is 42.5 Å². The van der Waals surface area contributed by atoms with Crippen LogP contribution in [0.3, 0.4) is 0 Å². The Morgan fingerprint density at radius 1 is 1.33 bits per heavy atom. The number of aliphatic hydroxyl groups excluding tert-OH is 1. The van der Waals surface area contributed by atoms with Crippen LogP contribution in [0.25, 0.3) is 0 Å². The zero-order valence-electron chi connectivity index (χ0n) is 11.0. The minimum atomic E-state index is -1.22. The molecule has 1 aromatic carbocycles. The third-order valence-electron chi connectivity index (χ3n) is 2.51. The van der Waals surface area contributed by atoms with Crippen LogP contribution >= 0.6 is 31.9 Å². The minimum absolute atomic E-state index is 0.0758. The molecule has 1 rings (SSSR count). The van der Waals surface area contributed by atoms with Crippen LogP contribution in [0.15, 0.2) is 21.1 Å². The van der Waals surface area contributed by atoms with E-state index >= 15 is 0 Å². The molecule has 0 aliphatic rings. The summed E-state index contributed by atoms with van der Waals surface area (Å²) in [5, 5.41) is 22.4. The third-order valence-corrected chi connectivity index (χ3v) is 3.79. The maximum absolute atomic E-state index is 11.8. The summed E-state index contributed by atoms with van der Waals surface area (Å²) >= 11 is 6.58. The number of carbonyl (C=O) groups excluding carboxylic acids is 1. The Bertz CT molecular complexity index is 539. The molecule has 7 nitrogen and oxygen atoms in total. The number of urea groups is 1. The predicted octanol–water partition coefficient (Wildman–Crippen LogP) is 2.18. The number of benzene rings is 1. The van der Waals surface area contributed by atoms with Crippen molar-refractivity contribution >= 4 is 49.5 Å². The van der Waals surface area contributed by atoms with Gasteiger partial charge in [0.2, 0.25) is 0 Å². The smallest absolute Gasteiger partial charge is 0.326 e. The van der Waals surface area contributed by atoms with Gasteiger partial charge in [-0.15, -0.1) is 0 Å². The summed E-state index contributed by atoms with van der Waals surface area (Å²) < 4.78 is 6.41. The van der Waals surface area contributed by atoms with Crippen LogP contribution in [0.4, 0.5) is 10.5 Å². The standard InChI is InChI=1S/C12H14Br2N2O5/c1-21-10-5-9(6(13)4-7(10)14)16-12(20)15-8(2-3-17)11(18)19/h4-5,8,17H,2-3H2,1H3,(H,18,19)(H2,15,16,20)/t8-/m0/s1. The first-order valence-electron chi connectivity index (χ1n) is 5.83. The predicted molar refractivity (Wildman–Crippen MR) is 83.7 cm³/mol. The van der Waals surface area contributed by atoms with Gasteiger partial charge in [0.25, 0.3) is 0 Å². The fourth-order valence-electron chi connectivity index (χ4n) is 1.48. The van der Waals surface area contributed by atoms with E-state index in [-0.39, 0.29) is 13.0 Å². The Labute approximate surface area is 137 Å². The molecule has 0 aliphatic heterocycles. The second-order valence-corrected chi connectivity index (χ2v) is 5.68. The first-order chi connectivity index (χ1) is 9.88. The Hall–Kier alpha value is -1.32. The highest BCUT2D eigenvalue weighted by atomic mass is 79.9. The van der Waals surface area contributed by atoms with Gasteiger partial charge in [-0.1, -0.05) is 0 Å². The molecule has 116 valence electrons. The molecule has 9 heteroatoms. The topological polar surface area (TPSA) is 108 Å². The summed E-state index contributed by atoms with van der Waals surface area (Å²) in [4.78, 5) is 22.7. The number of nitrogens with one attached hydrogen (secondary N) is 2. The van der Waals surface area contributed by atoms with Gasteiger partial charge in [-0.2, -0.15) is 0 Å². The number of carboxylic acid groups (broad SMARTS) is 1. The molecule has 4 N–H and O–H groups in total. The van der Waals surface area contributed by atoms with Crippen molar-refractivity contribution in [1.29, 1.82) is 0 Å². The molecule has 0 unspecified atom stereocenters. The summed E-state index contributed by atoms with van der Waals surface area (Å²) in [6.45, 7) is -0.340. The molecule has 1 aromatic rings. The molecule has 0 bridgehead atoms. The lowest BCUT2D eigenvalue weighted by Gasteiger charge is -2.15. The highest BCUT2D eigenvalue weighted by molar-refractivity contribution is 9.11. The molecule has 0 aromatic heterocycles. The molecule has 0 saturated heterocycles. The highest BCUT2D eigenvalue weighted by Gasteiger charge is 2.20. The number of methoxy groups -OCH3 is 1. The average molecular weight is 426 g/mol. The summed E-state index contributed by atoms with van der Waals surface area (Å²) in [6.07, 6.45) is -0.0758. The number of ether oxygens (including phenoxy) is 1. The number of amides is 2. The van der Waals surface area contributed by atoms with Crippen molar-refractivity contribution < 1.29 is 24.5 Å². The lowest BCUT2D eigenvalue weighted by atomic mass is 10.2. The maximum atomic E-state index is 11.8. The number of hydrogen-bond acceptors (Lipinski definition) is 4. The number of hydrogen-bond donors (Lipinski definition) is 4. The van der Waals surface area contributed by atoms with E-state index in [1.54, 1.807) is 12.1 Å². The molecular formula is C12H14Br2N2O5. The normalized spacial score (nSPS) is 11.6. The van der Waals surface area contributed by atoms with Crippen LogP contribution in [0.2, 0.25) is 0 Å². The highest BCUT2D eigenvalue weighted by Crippen LogP contribution is 2.34. The fraction of sp³-hybridized carbons (Fsp3) is 0.333. The number of halogens is 2. The summed E-state index contributed by atoms with van der Waals surface area (Å²) in [5.74, 6) is -0.703. The fourth-order valence-corrected chi connectivity index (χ4v) is 2.74. The molecule has 0 fully saturated rings. The maximum Gasteiger partial charge on any atom is 0.326 e. The minimum Gasteiger partial charge on any atom is -0.495 e. The number of carbonyl (C=O) groups is 2. The van der Waals surface area contributed by atoms with Crippen LogP contribution in [-0.2, 0) is 4.79 Å². The molecule has 0 aliphatic carbocycles. The van der Waals surface area contributed by atoms with E-state index in [1.807, 2.05) is 0 Å². The summed E-state index contributed by atoms with van der Waals surface area (Å²) in [7, 11) is 1.49. The Kier molecular flexibility index (Phi) is 6.93. The van der Waals surface area contributed by atoms with Gasteiger partial charge in [0.05, 0.1) is 17.3 Å². The number of carboxylic acids is 1. The van der Waals surface area contributed by atoms with E-state index in [0.29, 0.717) is 20.4 Å². The van der Waals surface area contributed by atoms with Crippen molar-refractivity contribution in [3.8, 4) is 5.75 Å². The van der Waals surface area contributed by atoms with Crippen molar-refractivity contribution in [2.45, 2.75) is 12.5 Å². The molecule has 2 amide bonds. The summed E-state index contributed by atoms with van der Waals surface area (Å²) in [6, 6.07) is 1.42. The van der Waals surface area contributed by atoms with Crippen LogP contribution < -0.4 is 15.4 Å². The van der Waals surface area contributed by atoms with Crippen molar-refractivity contribution in [2.24, 2.45) is 0 Å². The number of anilines is 1. The van der Waals surface area contributed by atoms with E-state index in [9.17, 15) is 9.59 Å². The Morgan fingerprint density at radius 3 is 2.52 bits per heavy atom. The quantitative estimate of drug-likeness (QED) is 0.558. The van der Waals surface area contributed by atoms with E-state index in [4.69, 9.17) is 14.9 Å². The number of aliphatic carboxylic acids is 1. The van der Waals surface area contributed by atoms with Crippen LogP contribution in [0.5, 0.6) is 5.75 Å².